The summed E-state index contributed by atoms with van der Waals surface area (Å²) in [5.74, 6) is -0.321. The summed E-state index contributed by atoms with van der Waals surface area (Å²) < 4.78 is 5.51. The van der Waals surface area contributed by atoms with Crippen molar-refractivity contribution >= 4 is 25.0 Å². The highest BCUT2D eigenvalue weighted by Gasteiger charge is 2.06. The van der Waals surface area contributed by atoms with E-state index in [1.54, 1.807) is 0 Å². The van der Waals surface area contributed by atoms with E-state index in [1.165, 1.54) is 7.11 Å². The summed E-state index contributed by atoms with van der Waals surface area (Å²) in [6, 6.07) is 0. The van der Waals surface area contributed by atoms with E-state index in [1.807, 2.05) is 0 Å². The van der Waals surface area contributed by atoms with Gasteiger partial charge in [-0.3, -0.25) is 9.10 Å². The molecule has 0 bridgehead atoms. The minimum Gasteiger partial charge on any atom is -0.375 e. The van der Waals surface area contributed by atoms with E-state index in [2.05, 4.69) is 17.6 Å². The molecule has 0 radical (unpaired) electrons. The number of ether oxygens (including phenoxy) is 1. The van der Waals surface area contributed by atoms with Crippen LogP contribution in [0.5, 0.6) is 0 Å². The molecule has 10 heavy (non-hydrogen) atoms. The first-order valence-electron chi connectivity index (χ1n) is 2.64. The van der Waals surface area contributed by atoms with Crippen molar-refractivity contribution in [2.75, 3.05) is 20.3 Å². The molecule has 0 aliphatic heterocycles. The van der Waals surface area contributed by atoms with Gasteiger partial charge in [-0.2, -0.15) is 0 Å². The predicted octanol–water partition coefficient (Wildman–Crippen LogP) is -0.495. The number of carbonyl (C=O) groups excluding carboxylic acids is 2. The Labute approximate surface area is 64.7 Å². The van der Waals surface area contributed by atoms with Crippen molar-refractivity contribution in [3.8, 4) is 0 Å². The van der Waals surface area contributed by atoms with Crippen molar-refractivity contribution in [2.45, 2.75) is 0 Å². The lowest BCUT2D eigenvalue weighted by molar-refractivity contribution is -0.131. The molecule has 5 heteroatoms. The molecule has 58 valence electrons. The monoisotopic (exact) mass is 163 g/mol. The Bertz CT molecular complexity index is 128. The standard InChI is InChI=1S/C5H9NO3S/c1-9-4-5(8)6(10)2-3-7/h3,10H,2,4H2,1H3. The lowest BCUT2D eigenvalue weighted by Gasteiger charge is -2.09. The molecule has 0 unspecified atom stereocenters. The molecule has 0 aromatic heterocycles. The summed E-state index contributed by atoms with van der Waals surface area (Å²) in [6.07, 6.45) is 0.598. The van der Waals surface area contributed by atoms with E-state index in [4.69, 9.17) is 0 Å². The molecule has 0 fully saturated rings. The van der Waals surface area contributed by atoms with Gasteiger partial charge in [0, 0.05) is 7.11 Å². The van der Waals surface area contributed by atoms with Gasteiger partial charge in [0.1, 0.15) is 12.9 Å². The molecule has 0 heterocycles. The molecule has 0 rings (SSSR count). The van der Waals surface area contributed by atoms with Crippen LogP contribution in [-0.2, 0) is 14.3 Å². The van der Waals surface area contributed by atoms with E-state index < -0.39 is 0 Å². The number of nitrogens with zero attached hydrogens (tertiary/aromatic N) is 1. The van der Waals surface area contributed by atoms with Gasteiger partial charge in [-0.05, 0) is 0 Å². The number of aldehydes is 1. The Balaban J connectivity index is 3.58. The third kappa shape index (κ3) is 3.47. The molecule has 0 saturated heterocycles. The fourth-order valence-corrected chi connectivity index (χ4v) is 0.495. The van der Waals surface area contributed by atoms with E-state index >= 15 is 0 Å². The van der Waals surface area contributed by atoms with Gasteiger partial charge in [-0.25, -0.2) is 0 Å². The topological polar surface area (TPSA) is 46.6 Å². The lowest BCUT2D eigenvalue weighted by atomic mass is 10.6. The average molecular weight is 163 g/mol. The number of methoxy groups -OCH3 is 1. The molecule has 4 nitrogen and oxygen atoms in total. The van der Waals surface area contributed by atoms with Crippen molar-refractivity contribution in [1.82, 2.24) is 4.31 Å². The zero-order valence-corrected chi connectivity index (χ0v) is 6.51. The molecule has 0 aromatic carbocycles. The van der Waals surface area contributed by atoms with Crippen molar-refractivity contribution in [1.29, 1.82) is 0 Å². The van der Waals surface area contributed by atoms with Crippen LogP contribution in [0.15, 0.2) is 0 Å². The summed E-state index contributed by atoms with van der Waals surface area (Å²) in [5, 5.41) is 0. The predicted molar refractivity (Wildman–Crippen MR) is 38.6 cm³/mol. The molecule has 0 N–H and O–H groups in total. The highest BCUT2D eigenvalue weighted by Crippen LogP contribution is 1.91. The number of carbonyl (C=O) groups is 2. The summed E-state index contributed by atoms with van der Waals surface area (Å²) in [7, 11) is 1.40. The highest BCUT2D eigenvalue weighted by molar-refractivity contribution is 7.78. The van der Waals surface area contributed by atoms with Gasteiger partial charge in [0.2, 0.25) is 0 Å². The normalized spacial score (nSPS) is 9.00. The smallest absolute Gasteiger partial charge is 0.258 e. The van der Waals surface area contributed by atoms with Gasteiger partial charge in [0.05, 0.1) is 6.54 Å². The first-order chi connectivity index (χ1) is 4.72. The zero-order chi connectivity index (χ0) is 7.98. The molecule has 1 amide bonds. The molecular weight excluding hydrogens is 154 g/mol. The van der Waals surface area contributed by atoms with Crippen LogP contribution in [0.4, 0.5) is 0 Å². The van der Waals surface area contributed by atoms with Crippen LogP contribution >= 0.6 is 12.8 Å². The first-order valence-corrected chi connectivity index (χ1v) is 3.04. The van der Waals surface area contributed by atoms with Crippen LogP contribution in [0.3, 0.4) is 0 Å². The highest BCUT2D eigenvalue weighted by atomic mass is 32.1. The SMILES string of the molecule is COCC(=O)N(S)CC=O. The molecular formula is C5H9NO3S. The molecule has 0 saturated carbocycles. The number of thiol groups is 1. The van der Waals surface area contributed by atoms with Crippen molar-refractivity contribution in [3.63, 3.8) is 0 Å². The quantitative estimate of drug-likeness (QED) is 0.449. The molecule has 0 aromatic rings. The second kappa shape index (κ2) is 5.25. The largest absolute Gasteiger partial charge is 0.375 e. The van der Waals surface area contributed by atoms with Crippen LogP contribution in [-0.4, -0.2) is 36.8 Å². The van der Waals surface area contributed by atoms with Crippen LogP contribution in [0.25, 0.3) is 0 Å². The van der Waals surface area contributed by atoms with Crippen molar-refractivity contribution in [2.24, 2.45) is 0 Å². The summed E-state index contributed by atoms with van der Waals surface area (Å²) in [5.41, 5.74) is 0. The fourth-order valence-electron chi connectivity index (χ4n) is 0.370. The third-order valence-electron chi connectivity index (χ3n) is 0.803. The Morgan fingerprint density at radius 2 is 2.40 bits per heavy atom. The number of rotatable bonds is 4. The summed E-state index contributed by atoms with van der Waals surface area (Å²) in [4.78, 5) is 20.5. The first kappa shape index (κ1) is 9.45. The van der Waals surface area contributed by atoms with Gasteiger partial charge >= 0.3 is 0 Å². The lowest BCUT2D eigenvalue weighted by Crippen LogP contribution is -2.26. The molecule has 0 atom stereocenters. The van der Waals surface area contributed by atoms with Crippen molar-refractivity contribution in [3.05, 3.63) is 0 Å². The Hall–Kier alpha value is -0.550. The van der Waals surface area contributed by atoms with Crippen LogP contribution < -0.4 is 0 Å². The zero-order valence-electron chi connectivity index (χ0n) is 5.61. The summed E-state index contributed by atoms with van der Waals surface area (Å²) in [6.45, 7) is -0.0529. The number of hydrogen-bond acceptors (Lipinski definition) is 4. The minimum atomic E-state index is -0.321. The maximum Gasteiger partial charge on any atom is 0.258 e. The third-order valence-corrected chi connectivity index (χ3v) is 1.19. The Kier molecular flexibility index (Phi) is 4.96. The van der Waals surface area contributed by atoms with E-state index in [9.17, 15) is 9.59 Å². The molecule has 0 aliphatic carbocycles. The summed E-state index contributed by atoms with van der Waals surface area (Å²) >= 11 is 3.71. The molecule has 0 spiro atoms. The van der Waals surface area contributed by atoms with Gasteiger partial charge in [0.15, 0.2) is 0 Å². The van der Waals surface area contributed by atoms with E-state index in [-0.39, 0.29) is 19.1 Å². The second-order valence-corrected chi connectivity index (χ2v) is 2.06. The Morgan fingerprint density at radius 1 is 1.80 bits per heavy atom. The molecule has 0 aliphatic rings. The van der Waals surface area contributed by atoms with Crippen LogP contribution in [0.1, 0.15) is 0 Å². The number of hydrogen-bond donors (Lipinski definition) is 1. The number of amides is 1. The fraction of sp³-hybridized carbons (Fsp3) is 0.600. The van der Waals surface area contributed by atoms with Crippen molar-refractivity contribution < 1.29 is 14.3 Å². The Morgan fingerprint density at radius 3 is 2.80 bits per heavy atom. The maximum atomic E-state index is 10.7. The van der Waals surface area contributed by atoms with Crippen LogP contribution in [0.2, 0.25) is 0 Å². The van der Waals surface area contributed by atoms with Gasteiger partial charge < -0.3 is 9.53 Å². The van der Waals surface area contributed by atoms with Gasteiger partial charge in [-0.1, -0.05) is 12.8 Å². The van der Waals surface area contributed by atoms with E-state index in [0.29, 0.717) is 6.29 Å². The maximum absolute atomic E-state index is 10.7. The second-order valence-electron chi connectivity index (χ2n) is 1.58. The van der Waals surface area contributed by atoms with Gasteiger partial charge in [-0.15, -0.1) is 0 Å². The van der Waals surface area contributed by atoms with Gasteiger partial charge in [0.25, 0.3) is 5.91 Å². The van der Waals surface area contributed by atoms with Crippen LogP contribution in [0, 0.1) is 0 Å². The average Bonchev–Trinajstić information content (AvgIpc) is 1.89. The van der Waals surface area contributed by atoms with E-state index in [0.717, 1.165) is 4.31 Å². The minimum absolute atomic E-state index is 0.00863.